The Morgan fingerprint density at radius 1 is 1.11 bits per heavy atom. The molecule has 1 aliphatic heterocycles. The van der Waals surface area contributed by atoms with E-state index in [0.29, 0.717) is 34.1 Å². The zero-order valence-electron chi connectivity index (χ0n) is 19.0. The lowest BCUT2D eigenvalue weighted by Gasteiger charge is -2.23. The number of carbonyl (C=O) groups excluding carboxylic acids is 2. The van der Waals surface area contributed by atoms with Gasteiger partial charge in [-0.3, -0.25) is 14.5 Å². The molecule has 1 atom stereocenters. The molecule has 35 heavy (non-hydrogen) atoms. The molecule has 1 N–H and O–H groups in total. The minimum atomic E-state index is -1.04. The third-order valence-corrected chi connectivity index (χ3v) is 6.80. The first kappa shape index (κ1) is 22.7. The zero-order valence-corrected chi connectivity index (χ0v) is 19.8. The van der Waals surface area contributed by atoms with Gasteiger partial charge in [0.15, 0.2) is 5.13 Å². The van der Waals surface area contributed by atoms with Gasteiger partial charge in [0.25, 0.3) is 5.78 Å². The fourth-order valence-electron chi connectivity index (χ4n) is 4.18. The molecular formula is C27H21FN2O4S. The molecule has 0 spiro atoms. The van der Waals surface area contributed by atoms with Gasteiger partial charge in [-0.15, -0.1) is 0 Å². The van der Waals surface area contributed by atoms with Gasteiger partial charge in [0.1, 0.15) is 17.3 Å². The molecule has 1 saturated heterocycles. The summed E-state index contributed by atoms with van der Waals surface area (Å²) in [4.78, 5) is 32.4. The van der Waals surface area contributed by atoms with E-state index in [4.69, 9.17) is 4.74 Å². The van der Waals surface area contributed by atoms with Gasteiger partial charge in [-0.1, -0.05) is 29.5 Å². The number of rotatable bonds is 5. The van der Waals surface area contributed by atoms with Crippen molar-refractivity contribution >= 4 is 44.1 Å². The lowest BCUT2D eigenvalue weighted by Crippen LogP contribution is -2.29. The predicted octanol–water partition coefficient (Wildman–Crippen LogP) is 5.77. The van der Waals surface area contributed by atoms with Crippen LogP contribution in [0.2, 0.25) is 0 Å². The number of Topliss-reactive ketones (excluding diaryl/α,β-unsaturated/α-hetero) is 1. The van der Waals surface area contributed by atoms with Crippen molar-refractivity contribution in [2.24, 2.45) is 0 Å². The van der Waals surface area contributed by atoms with Crippen molar-refractivity contribution in [2.75, 3.05) is 11.5 Å². The summed E-state index contributed by atoms with van der Waals surface area (Å²) in [5, 5.41) is 11.5. The maximum atomic E-state index is 14.2. The highest BCUT2D eigenvalue weighted by molar-refractivity contribution is 7.22. The maximum Gasteiger partial charge on any atom is 0.301 e. The van der Waals surface area contributed by atoms with Crippen molar-refractivity contribution in [1.29, 1.82) is 0 Å². The summed E-state index contributed by atoms with van der Waals surface area (Å²) >= 11 is 1.26. The van der Waals surface area contributed by atoms with Gasteiger partial charge in [0, 0.05) is 5.56 Å². The molecule has 1 unspecified atom stereocenters. The highest BCUT2D eigenvalue weighted by Gasteiger charge is 2.48. The number of halogens is 1. The molecule has 4 aromatic rings. The molecule has 6 nitrogen and oxygen atoms in total. The Morgan fingerprint density at radius 2 is 1.89 bits per heavy atom. The van der Waals surface area contributed by atoms with Crippen LogP contribution in [0.1, 0.15) is 29.7 Å². The second-order valence-electron chi connectivity index (χ2n) is 8.15. The molecule has 1 amide bonds. The van der Waals surface area contributed by atoms with Gasteiger partial charge in [0.2, 0.25) is 0 Å². The second-order valence-corrected chi connectivity index (χ2v) is 9.16. The van der Waals surface area contributed by atoms with Crippen LogP contribution in [0.4, 0.5) is 9.52 Å². The molecule has 1 fully saturated rings. The van der Waals surface area contributed by atoms with E-state index in [0.717, 1.165) is 10.3 Å². The van der Waals surface area contributed by atoms with Crippen LogP contribution in [-0.4, -0.2) is 28.4 Å². The number of fused-ring (bicyclic) bond motifs is 1. The Kier molecular flexibility index (Phi) is 5.82. The van der Waals surface area contributed by atoms with Gasteiger partial charge >= 0.3 is 5.91 Å². The normalized spacial score (nSPS) is 17.3. The first-order chi connectivity index (χ1) is 16.9. The van der Waals surface area contributed by atoms with E-state index in [1.807, 2.05) is 32.0 Å². The number of aryl methyl sites for hydroxylation is 1. The number of aliphatic hydroxyl groups is 1. The van der Waals surface area contributed by atoms with Crippen LogP contribution in [-0.2, 0) is 9.59 Å². The van der Waals surface area contributed by atoms with Crippen molar-refractivity contribution in [1.82, 2.24) is 4.98 Å². The van der Waals surface area contributed by atoms with Gasteiger partial charge in [-0.2, -0.15) is 0 Å². The minimum absolute atomic E-state index is 0.125. The fourth-order valence-corrected chi connectivity index (χ4v) is 5.27. The number of thiazole rings is 1. The summed E-state index contributed by atoms with van der Waals surface area (Å²) in [6.45, 7) is 4.30. The van der Waals surface area contributed by atoms with Crippen molar-refractivity contribution < 1.29 is 23.8 Å². The molecule has 0 aliphatic carbocycles. The molecule has 0 bridgehead atoms. The summed E-state index contributed by atoms with van der Waals surface area (Å²) in [6, 6.07) is 16.9. The minimum Gasteiger partial charge on any atom is -0.507 e. The van der Waals surface area contributed by atoms with Crippen LogP contribution >= 0.6 is 11.3 Å². The number of carbonyl (C=O) groups is 2. The van der Waals surface area contributed by atoms with Gasteiger partial charge in [-0.05, 0) is 73.5 Å². The van der Waals surface area contributed by atoms with Crippen LogP contribution in [0.15, 0.2) is 72.3 Å². The van der Waals surface area contributed by atoms with E-state index in [1.165, 1.54) is 34.4 Å². The number of aliphatic hydroxyl groups excluding tert-OH is 1. The third-order valence-electron chi connectivity index (χ3n) is 5.79. The second kappa shape index (κ2) is 8.96. The van der Waals surface area contributed by atoms with Crippen LogP contribution in [0, 0.1) is 12.7 Å². The first-order valence-corrected chi connectivity index (χ1v) is 11.9. The zero-order chi connectivity index (χ0) is 24.7. The number of amides is 1. The predicted molar refractivity (Wildman–Crippen MR) is 133 cm³/mol. The Balaban J connectivity index is 1.69. The highest BCUT2D eigenvalue weighted by Crippen LogP contribution is 2.44. The van der Waals surface area contributed by atoms with E-state index in [1.54, 1.807) is 30.3 Å². The fraction of sp³-hybridized carbons (Fsp3) is 0.148. The van der Waals surface area contributed by atoms with Crippen molar-refractivity contribution in [3.63, 3.8) is 0 Å². The van der Waals surface area contributed by atoms with Crippen molar-refractivity contribution in [2.45, 2.75) is 19.9 Å². The van der Waals surface area contributed by atoms with Gasteiger partial charge < -0.3 is 9.84 Å². The standard InChI is InChI=1S/C27H21FN2O4S/c1-3-34-19-10-8-16(9-11-19)24(31)22-23(17-5-4-6-18(28)14-17)30(26(33)25(22)32)27-29-20-12-7-15(2)13-21(20)35-27/h4-14,23,31H,3H2,1-2H3. The van der Waals surface area contributed by atoms with Crippen molar-refractivity contribution in [3.05, 3.63) is 94.8 Å². The quantitative estimate of drug-likeness (QED) is 0.219. The Bertz CT molecular complexity index is 1490. The monoisotopic (exact) mass is 488 g/mol. The summed E-state index contributed by atoms with van der Waals surface area (Å²) in [5.41, 5.74) is 2.29. The Hall–Kier alpha value is -4.04. The summed E-state index contributed by atoms with van der Waals surface area (Å²) in [5.74, 6) is -1.95. The number of anilines is 1. The molecule has 1 aromatic heterocycles. The molecule has 1 aliphatic rings. The number of hydrogen-bond acceptors (Lipinski definition) is 6. The topological polar surface area (TPSA) is 79.7 Å². The maximum absolute atomic E-state index is 14.2. The highest BCUT2D eigenvalue weighted by atomic mass is 32.1. The Labute approximate surface area is 204 Å². The van der Waals surface area contributed by atoms with E-state index >= 15 is 0 Å². The number of aromatic nitrogens is 1. The van der Waals surface area contributed by atoms with E-state index < -0.39 is 23.5 Å². The average Bonchev–Trinajstić information content (AvgIpc) is 3.37. The summed E-state index contributed by atoms with van der Waals surface area (Å²) in [7, 11) is 0. The van der Waals surface area contributed by atoms with E-state index in [9.17, 15) is 19.1 Å². The van der Waals surface area contributed by atoms with Gasteiger partial charge in [-0.25, -0.2) is 9.37 Å². The van der Waals surface area contributed by atoms with Crippen LogP contribution in [0.25, 0.3) is 16.0 Å². The molecule has 0 radical (unpaired) electrons. The summed E-state index contributed by atoms with van der Waals surface area (Å²) < 4.78 is 20.5. The number of ketones is 1. The van der Waals surface area contributed by atoms with Crippen LogP contribution in [0.3, 0.4) is 0 Å². The van der Waals surface area contributed by atoms with Crippen LogP contribution in [0.5, 0.6) is 5.75 Å². The first-order valence-electron chi connectivity index (χ1n) is 11.0. The lowest BCUT2D eigenvalue weighted by atomic mass is 9.95. The molecule has 5 rings (SSSR count). The molecule has 176 valence electrons. The number of nitrogens with zero attached hydrogens (tertiary/aromatic N) is 2. The molecule has 0 saturated carbocycles. The van der Waals surface area contributed by atoms with Crippen LogP contribution < -0.4 is 9.64 Å². The number of ether oxygens (including phenoxy) is 1. The number of benzene rings is 3. The summed E-state index contributed by atoms with van der Waals surface area (Å²) in [6.07, 6.45) is 0. The molecule has 8 heteroatoms. The molecule has 3 aromatic carbocycles. The number of hydrogen-bond donors (Lipinski definition) is 1. The van der Waals surface area contributed by atoms with Crippen molar-refractivity contribution in [3.8, 4) is 5.75 Å². The van der Waals surface area contributed by atoms with E-state index in [2.05, 4.69) is 4.98 Å². The average molecular weight is 489 g/mol. The molecule has 2 heterocycles. The van der Waals surface area contributed by atoms with E-state index in [-0.39, 0.29) is 11.3 Å². The SMILES string of the molecule is CCOc1ccc(C(O)=C2C(=O)C(=O)N(c3nc4ccc(C)cc4s3)C2c2cccc(F)c2)cc1. The Morgan fingerprint density at radius 3 is 2.60 bits per heavy atom. The smallest absolute Gasteiger partial charge is 0.301 e. The lowest BCUT2D eigenvalue weighted by molar-refractivity contribution is -0.132. The largest absolute Gasteiger partial charge is 0.507 e. The third kappa shape index (κ3) is 4.06. The molecular weight excluding hydrogens is 467 g/mol. The van der Waals surface area contributed by atoms with Gasteiger partial charge in [0.05, 0.1) is 28.4 Å².